The fourth-order valence-electron chi connectivity index (χ4n) is 2.42. The number of nitrogens with zero attached hydrogens (tertiary/aromatic N) is 1. The van der Waals surface area contributed by atoms with Crippen molar-refractivity contribution in [2.75, 3.05) is 19.5 Å². The number of carbonyl (C=O) groups is 1. The van der Waals surface area contributed by atoms with Crippen LogP contribution in [0.25, 0.3) is 11.3 Å². The molecule has 134 valence electrons. The van der Waals surface area contributed by atoms with Crippen molar-refractivity contribution in [2.24, 2.45) is 0 Å². The molecule has 1 amide bonds. The van der Waals surface area contributed by atoms with Crippen LogP contribution in [0.4, 0.5) is 9.52 Å². The molecule has 0 spiro atoms. The first-order chi connectivity index (χ1) is 12.6. The Morgan fingerprint density at radius 2 is 1.92 bits per heavy atom. The van der Waals surface area contributed by atoms with E-state index in [-0.39, 0.29) is 18.1 Å². The van der Waals surface area contributed by atoms with Crippen LogP contribution in [0, 0.1) is 5.82 Å². The van der Waals surface area contributed by atoms with Crippen LogP contribution in [0.1, 0.15) is 5.56 Å². The van der Waals surface area contributed by atoms with Gasteiger partial charge in [-0.25, -0.2) is 9.37 Å². The van der Waals surface area contributed by atoms with E-state index < -0.39 is 0 Å². The Labute approximate surface area is 154 Å². The molecular weight excluding hydrogens is 355 g/mol. The van der Waals surface area contributed by atoms with Crippen molar-refractivity contribution < 1.29 is 18.7 Å². The van der Waals surface area contributed by atoms with E-state index in [4.69, 9.17) is 9.47 Å². The first-order valence-corrected chi connectivity index (χ1v) is 8.69. The number of thiazole rings is 1. The summed E-state index contributed by atoms with van der Waals surface area (Å²) in [7, 11) is 3.17. The van der Waals surface area contributed by atoms with E-state index in [9.17, 15) is 9.18 Å². The van der Waals surface area contributed by atoms with Gasteiger partial charge in [0.05, 0.1) is 26.3 Å². The SMILES string of the molecule is COc1ccc(-c2csc(NC(=O)Cc3ccc(F)cc3)n2)c(OC)c1. The first kappa shape index (κ1) is 17.9. The normalized spacial score (nSPS) is 10.4. The summed E-state index contributed by atoms with van der Waals surface area (Å²) in [6, 6.07) is 11.3. The highest BCUT2D eigenvalue weighted by molar-refractivity contribution is 7.14. The Balaban J connectivity index is 1.71. The molecule has 0 atom stereocenters. The lowest BCUT2D eigenvalue weighted by Gasteiger charge is -2.08. The van der Waals surface area contributed by atoms with Gasteiger partial charge in [-0.15, -0.1) is 11.3 Å². The number of amides is 1. The summed E-state index contributed by atoms with van der Waals surface area (Å²) >= 11 is 1.33. The lowest BCUT2D eigenvalue weighted by Crippen LogP contribution is -2.14. The van der Waals surface area contributed by atoms with E-state index in [2.05, 4.69) is 10.3 Å². The van der Waals surface area contributed by atoms with Crippen molar-refractivity contribution in [3.63, 3.8) is 0 Å². The van der Waals surface area contributed by atoms with Crippen LogP contribution in [-0.2, 0) is 11.2 Å². The van der Waals surface area contributed by atoms with Crippen LogP contribution < -0.4 is 14.8 Å². The average molecular weight is 372 g/mol. The number of nitrogens with one attached hydrogen (secondary N) is 1. The molecule has 0 aliphatic heterocycles. The molecule has 2 aromatic carbocycles. The number of methoxy groups -OCH3 is 2. The highest BCUT2D eigenvalue weighted by Crippen LogP contribution is 2.34. The molecule has 0 aliphatic rings. The molecule has 0 unspecified atom stereocenters. The molecule has 0 fully saturated rings. The molecule has 26 heavy (non-hydrogen) atoms. The fourth-order valence-corrected chi connectivity index (χ4v) is 3.14. The minimum absolute atomic E-state index is 0.154. The maximum absolute atomic E-state index is 12.9. The molecule has 0 saturated heterocycles. The van der Waals surface area contributed by atoms with Crippen LogP contribution >= 0.6 is 11.3 Å². The minimum atomic E-state index is -0.327. The number of aromatic nitrogens is 1. The summed E-state index contributed by atoms with van der Waals surface area (Å²) in [5.74, 6) is 0.791. The van der Waals surface area contributed by atoms with Gasteiger partial charge in [-0.1, -0.05) is 12.1 Å². The summed E-state index contributed by atoms with van der Waals surface area (Å²) in [5, 5.41) is 5.10. The van der Waals surface area contributed by atoms with Crippen LogP contribution in [0.15, 0.2) is 47.8 Å². The lowest BCUT2D eigenvalue weighted by molar-refractivity contribution is -0.115. The van der Waals surface area contributed by atoms with Gasteiger partial charge in [0.25, 0.3) is 0 Å². The van der Waals surface area contributed by atoms with Crippen LogP contribution in [0.3, 0.4) is 0 Å². The zero-order valence-electron chi connectivity index (χ0n) is 14.3. The Bertz CT molecular complexity index is 909. The second-order valence-corrected chi connectivity index (χ2v) is 6.31. The lowest BCUT2D eigenvalue weighted by atomic mass is 10.1. The number of ether oxygens (including phenoxy) is 2. The summed E-state index contributed by atoms with van der Waals surface area (Å²) in [5.41, 5.74) is 2.24. The maximum atomic E-state index is 12.9. The van der Waals surface area contributed by atoms with E-state index in [1.54, 1.807) is 32.4 Å². The summed E-state index contributed by atoms with van der Waals surface area (Å²) in [6.07, 6.45) is 0.154. The number of rotatable bonds is 6. The van der Waals surface area contributed by atoms with Gasteiger partial charge in [0.2, 0.25) is 5.91 Å². The number of benzene rings is 2. The Morgan fingerprint density at radius 1 is 1.15 bits per heavy atom. The zero-order chi connectivity index (χ0) is 18.5. The second-order valence-electron chi connectivity index (χ2n) is 5.46. The van der Waals surface area contributed by atoms with Gasteiger partial charge in [0.15, 0.2) is 5.13 Å². The van der Waals surface area contributed by atoms with Crippen molar-refractivity contribution in [3.8, 4) is 22.8 Å². The summed E-state index contributed by atoms with van der Waals surface area (Å²) in [6.45, 7) is 0. The standard InChI is InChI=1S/C19H17FN2O3S/c1-24-14-7-8-15(17(10-14)25-2)16-11-26-19(21-16)22-18(23)9-12-3-5-13(20)6-4-12/h3-8,10-11H,9H2,1-2H3,(H,21,22,23). The van der Waals surface area contributed by atoms with E-state index in [0.717, 1.165) is 11.1 Å². The average Bonchev–Trinajstić information content (AvgIpc) is 3.11. The first-order valence-electron chi connectivity index (χ1n) is 7.81. The van der Waals surface area contributed by atoms with Gasteiger partial charge in [0.1, 0.15) is 17.3 Å². The summed E-state index contributed by atoms with van der Waals surface area (Å²) < 4.78 is 23.5. The van der Waals surface area contributed by atoms with Crippen molar-refractivity contribution >= 4 is 22.4 Å². The van der Waals surface area contributed by atoms with Gasteiger partial charge >= 0.3 is 0 Å². The number of carbonyl (C=O) groups excluding carboxylic acids is 1. The number of hydrogen-bond acceptors (Lipinski definition) is 5. The predicted octanol–water partition coefficient (Wildman–Crippen LogP) is 4.15. The number of anilines is 1. The van der Waals surface area contributed by atoms with Crippen LogP contribution in [-0.4, -0.2) is 25.1 Å². The van der Waals surface area contributed by atoms with Gasteiger partial charge in [-0.3, -0.25) is 4.79 Å². The molecule has 0 bridgehead atoms. The third-order valence-corrected chi connectivity index (χ3v) is 4.47. The molecule has 5 nitrogen and oxygen atoms in total. The van der Waals surface area contributed by atoms with Crippen molar-refractivity contribution in [2.45, 2.75) is 6.42 Å². The monoisotopic (exact) mass is 372 g/mol. The third kappa shape index (κ3) is 4.18. The van der Waals surface area contributed by atoms with Gasteiger partial charge in [-0.2, -0.15) is 0 Å². The molecule has 3 rings (SSSR count). The van der Waals surface area contributed by atoms with E-state index >= 15 is 0 Å². The molecule has 0 radical (unpaired) electrons. The fraction of sp³-hybridized carbons (Fsp3) is 0.158. The minimum Gasteiger partial charge on any atom is -0.497 e. The van der Waals surface area contributed by atoms with Crippen molar-refractivity contribution in [1.82, 2.24) is 4.98 Å². The van der Waals surface area contributed by atoms with Crippen LogP contribution in [0.5, 0.6) is 11.5 Å². The summed E-state index contributed by atoms with van der Waals surface area (Å²) in [4.78, 5) is 16.6. The highest BCUT2D eigenvalue weighted by atomic mass is 32.1. The van der Waals surface area contributed by atoms with Crippen molar-refractivity contribution in [3.05, 3.63) is 59.2 Å². The number of halogens is 1. The molecule has 0 aliphatic carbocycles. The molecule has 0 saturated carbocycles. The van der Waals surface area contributed by atoms with E-state index in [1.165, 1.54) is 23.5 Å². The zero-order valence-corrected chi connectivity index (χ0v) is 15.1. The van der Waals surface area contributed by atoms with E-state index in [1.807, 2.05) is 17.5 Å². The molecule has 3 aromatic rings. The molecule has 7 heteroatoms. The van der Waals surface area contributed by atoms with Gasteiger partial charge < -0.3 is 14.8 Å². The second kappa shape index (κ2) is 7.97. The van der Waals surface area contributed by atoms with Gasteiger partial charge in [0, 0.05) is 17.0 Å². The van der Waals surface area contributed by atoms with E-state index in [0.29, 0.717) is 22.3 Å². The van der Waals surface area contributed by atoms with Crippen molar-refractivity contribution in [1.29, 1.82) is 0 Å². The van der Waals surface area contributed by atoms with Crippen LogP contribution in [0.2, 0.25) is 0 Å². The third-order valence-electron chi connectivity index (χ3n) is 3.71. The Morgan fingerprint density at radius 3 is 2.62 bits per heavy atom. The highest BCUT2D eigenvalue weighted by Gasteiger charge is 2.13. The Kier molecular flexibility index (Phi) is 5.48. The number of hydrogen-bond donors (Lipinski definition) is 1. The molecule has 1 aromatic heterocycles. The van der Waals surface area contributed by atoms with Gasteiger partial charge in [-0.05, 0) is 29.8 Å². The predicted molar refractivity (Wildman–Crippen MR) is 99.4 cm³/mol. The smallest absolute Gasteiger partial charge is 0.230 e. The molecule has 1 N–H and O–H groups in total. The molecular formula is C19H17FN2O3S. The molecule has 1 heterocycles. The largest absolute Gasteiger partial charge is 0.497 e. The topological polar surface area (TPSA) is 60.5 Å². The Hall–Kier alpha value is -2.93. The quantitative estimate of drug-likeness (QED) is 0.706. The maximum Gasteiger partial charge on any atom is 0.230 e.